The summed E-state index contributed by atoms with van der Waals surface area (Å²) < 4.78 is 16.3. The monoisotopic (exact) mass is 397 g/mol. The van der Waals surface area contributed by atoms with E-state index in [1.54, 1.807) is 20.5 Å². The van der Waals surface area contributed by atoms with Gasteiger partial charge in [-0.25, -0.2) is 4.98 Å². The number of nitrogens with zero attached hydrogens (tertiary/aromatic N) is 1. The fourth-order valence-electron chi connectivity index (χ4n) is 2.95. The normalized spacial score (nSPS) is 11.8. The molecule has 29 heavy (non-hydrogen) atoms. The van der Waals surface area contributed by atoms with E-state index in [9.17, 15) is 5.11 Å². The number of rotatable bonds is 11. The Labute approximate surface area is 170 Å². The summed E-state index contributed by atoms with van der Waals surface area (Å²) in [5.74, 6) is 2.14. The van der Waals surface area contributed by atoms with E-state index >= 15 is 0 Å². The number of hydrogen-bond donors (Lipinski definition) is 3. The van der Waals surface area contributed by atoms with Gasteiger partial charge in [0, 0.05) is 18.3 Å². The molecule has 2 aromatic carbocycles. The quantitative estimate of drug-likeness (QED) is 0.431. The van der Waals surface area contributed by atoms with E-state index < -0.39 is 6.10 Å². The van der Waals surface area contributed by atoms with Gasteiger partial charge in [-0.15, -0.1) is 0 Å². The summed E-state index contributed by atoms with van der Waals surface area (Å²) in [6.45, 7) is 1.40. The second-order valence-electron chi connectivity index (χ2n) is 6.59. The molecule has 1 atom stereocenters. The van der Waals surface area contributed by atoms with Crippen molar-refractivity contribution in [2.45, 2.75) is 12.5 Å². The molecule has 7 heteroatoms. The van der Waals surface area contributed by atoms with Crippen LogP contribution in [0.1, 0.15) is 5.56 Å². The number of nitrogens with one attached hydrogen (secondary N) is 2. The fraction of sp³-hybridized carbons (Fsp3) is 0.318. The van der Waals surface area contributed by atoms with Crippen molar-refractivity contribution in [2.75, 3.05) is 33.9 Å². The van der Waals surface area contributed by atoms with Gasteiger partial charge in [-0.2, -0.15) is 0 Å². The van der Waals surface area contributed by atoms with Crippen LogP contribution in [0.4, 0.5) is 0 Å². The average molecular weight is 397 g/mol. The van der Waals surface area contributed by atoms with Gasteiger partial charge in [-0.3, -0.25) is 0 Å². The summed E-state index contributed by atoms with van der Waals surface area (Å²) in [5.41, 5.74) is 2.95. The van der Waals surface area contributed by atoms with Crippen LogP contribution in [0.2, 0.25) is 0 Å². The number of imidazole rings is 1. The van der Waals surface area contributed by atoms with Crippen LogP contribution in [0.25, 0.3) is 11.3 Å². The number of H-pyrrole nitrogens is 1. The molecule has 7 nitrogen and oxygen atoms in total. The molecule has 1 unspecified atom stereocenters. The number of aromatic nitrogens is 2. The van der Waals surface area contributed by atoms with Crippen molar-refractivity contribution in [1.29, 1.82) is 0 Å². The first-order valence-electron chi connectivity index (χ1n) is 9.51. The summed E-state index contributed by atoms with van der Waals surface area (Å²) in [7, 11) is 3.25. The minimum atomic E-state index is -0.602. The molecule has 1 aromatic heterocycles. The van der Waals surface area contributed by atoms with Crippen molar-refractivity contribution in [2.24, 2.45) is 0 Å². The highest BCUT2D eigenvalue weighted by molar-refractivity contribution is 5.60. The van der Waals surface area contributed by atoms with Gasteiger partial charge in [-0.1, -0.05) is 18.2 Å². The summed E-state index contributed by atoms with van der Waals surface area (Å²) in [4.78, 5) is 7.17. The molecule has 1 heterocycles. The van der Waals surface area contributed by atoms with Crippen LogP contribution in [0.3, 0.4) is 0 Å². The smallest absolute Gasteiger partial charge is 0.160 e. The van der Waals surface area contributed by atoms with Crippen molar-refractivity contribution in [3.05, 3.63) is 60.6 Å². The predicted octanol–water partition coefficient (Wildman–Crippen LogP) is 2.67. The summed E-state index contributed by atoms with van der Waals surface area (Å²) in [6.07, 6.45) is 3.69. The zero-order valence-electron chi connectivity index (χ0n) is 16.7. The highest BCUT2D eigenvalue weighted by atomic mass is 16.5. The van der Waals surface area contributed by atoms with E-state index in [2.05, 4.69) is 15.3 Å². The number of aliphatic hydroxyl groups excluding tert-OH is 1. The molecule has 0 saturated carbocycles. The zero-order valence-corrected chi connectivity index (χ0v) is 16.7. The van der Waals surface area contributed by atoms with Crippen LogP contribution in [0, 0.1) is 0 Å². The Morgan fingerprint density at radius 3 is 2.72 bits per heavy atom. The van der Waals surface area contributed by atoms with Crippen LogP contribution < -0.4 is 19.5 Å². The van der Waals surface area contributed by atoms with E-state index in [1.807, 2.05) is 48.7 Å². The number of benzene rings is 2. The molecule has 0 saturated heterocycles. The SMILES string of the molecule is COc1ccc(CCNCC(O)COc2cccc(-c3c[nH]cn3)c2)cc1OC. The van der Waals surface area contributed by atoms with Gasteiger partial charge in [0.25, 0.3) is 0 Å². The summed E-state index contributed by atoms with van der Waals surface area (Å²) in [5, 5.41) is 13.4. The minimum Gasteiger partial charge on any atom is -0.493 e. The number of aliphatic hydroxyl groups is 1. The highest BCUT2D eigenvalue weighted by Gasteiger charge is 2.08. The van der Waals surface area contributed by atoms with Crippen molar-refractivity contribution in [3.63, 3.8) is 0 Å². The van der Waals surface area contributed by atoms with E-state index in [0.29, 0.717) is 18.0 Å². The number of ether oxygens (including phenoxy) is 3. The Hall–Kier alpha value is -3.03. The molecule has 0 fully saturated rings. The van der Waals surface area contributed by atoms with Gasteiger partial charge in [0.2, 0.25) is 0 Å². The predicted molar refractivity (Wildman–Crippen MR) is 112 cm³/mol. The highest BCUT2D eigenvalue weighted by Crippen LogP contribution is 2.27. The largest absolute Gasteiger partial charge is 0.493 e. The molecule has 3 rings (SSSR count). The Bertz CT molecular complexity index is 884. The Morgan fingerprint density at radius 1 is 1.10 bits per heavy atom. The lowest BCUT2D eigenvalue weighted by Gasteiger charge is -2.14. The fourth-order valence-corrected chi connectivity index (χ4v) is 2.95. The molecule has 0 aliphatic carbocycles. The number of hydrogen-bond acceptors (Lipinski definition) is 6. The van der Waals surface area contributed by atoms with Gasteiger partial charge >= 0.3 is 0 Å². The first kappa shape index (κ1) is 20.7. The van der Waals surface area contributed by atoms with E-state index in [4.69, 9.17) is 14.2 Å². The summed E-state index contributed by atoms with van der Waals surface area (Å²) >= 11 is 0. The topological polar surface area (TPSA) is 88.6 Å². The maximum Gasteiger partial charge on any atom is 0.160 e. The van der Waals surface area contributed by atoms with Crippen LogP contribution in [-0.4, -0.2) is 55.1 Å². The molecular formula is C22H27N3O4. The van der Waals surface area contributed by atoms with Gasteiger partial charge in [-0.05, 0) is 42.8 Å². The van der Waals surface area contributed by atoms with Crippen molar-refractivity contribution in [3.8, 4) is 28.5 Å². The first-order chi connectivity index (χ1) is 14.2. The van der Waals surface area contributed by atoms with Gasteiger partial charge < -0.3 is 29.6 Å². The molecule has 0 aliphatic heterocycles. The molecule has 0 bridgehead atoms. The number of methoxy groups -OCH3 is 2. The van der Waals surface area contributed by atoms with E-state index in [0.717, 1.165) is 35.5 Å². The zero-order chi connectivity index (χ0) is 20.5. The third kappa shape index (κ3) is 5.97. The second kappa shape index (κ2) is 10.5. The Kier molecular flexibility index (Phi) is 7.49. The van der Waals surface area contributed by atoms with Gasteiger partial charge in [0.05, 0.1) is 26.2 Å². The van der Waals surface area contributed by atoms with Crippen LogP contribution in [-0.2, 0) is 6.42 Å². The lowest BCUT2D eigenvalue weighted by Crippen LogP contribution is -2.32. The van der Waals surface area contributed by atoms with E-state index in [-0.39, 0.29) is 6.61 Å². The van der Waals surface area contributed by atoms with E-state index in [1.165, 1.54) is 0 Å². The molecular weight excluding hydrogens is 370 g/mol. The van der Waals surface area contributed by atoms with Gasteiger partial charge in [0.15, 0.2) is 11.5 Å². The minimum absolute atomic E-state index is 0.216. The first-order valence-corrected chi connectivity index (χ1v) is 9.51. The maximum atomic E-state index is 10.2. The third-order valence-corrected chi connectivity index (χ3v) is 4.49. The molecule has 3 N–H and O–H groups in total. The molecule has 0 aliphatic rings. The standard InChI is InChI=1S/C22H27N3O4/c1-27-21-7-6-16(10-22(21)28-2)8-9-23-12-18(26)14-29-19-5-3-4-17(11-19)20-13-24-15-25-20/h3-7,10-11,13,15,18,23,26H,8-9,12,14H2,1-2H3,(H,24,25). The van der Waals surface area contributed by atoms with Gasteiger partial charge in [0.1, 0.15) is 18.5 Å². The molecule has 0 radical (unpaired) electrons. The van der Waals surface area contributed by atoms with Crippen molar-refractivity contribution < 1.29 is 19.3 Å². The van der Waals surface area contributed by atoms with Crippen molar-refractivity contribution in [1.82, 2.24) is 15.3 Å². The van der Waals surface area contributed by atoms with Crippen LogP contribution in [0.5, 0.6) is 17.2 Å². The average Bonchev–Trinajstić information content (AvgIpc) is 3.30. The Morgan fingerprint density at radius 2 is 1.97 bits per heavy atom. The molecule has 0 spiro atoms. The van der Waals surface area contributed by atoms with Crippen molar-refractivity contribution >= 4 is 0 Å². The number of aromatic amines is 1. The molecule has 0 amide bonds. The van der Waals surface area contributed by atoms with Crippen LogP contribution in [0.15, 0.2) is 55.0 Å². The maximum absolute atomic E-state index is 10.2. The lowest BCUT2D eigenvalue weighted by molar-refractivity contribution is 0.106. The molecule has 154 valence electrons. The van der Waals surface area contributed by atoms with Crippen LogP contribution >= 0.6 is 0 Å². The lowest BCUT2D eigenvalue weighted by atomic mass is 10.1. The molecule has 3 aromatic rings. The summed E-state index contributed by atoms with van der Waals surface area (Å²) in [6, 6.07) is 13.5. The third-order valence-electron chi connectivity index (χ3n) is 4.49. The second-order valence-corrected chi connectivity index (χ2v) is 6.59. The Balaban J connectivity index is 1.39.